The first-order chi connectivity index (χ1) is 9.58. The Hall–Kier alpha value is -1.30. The maximum Gasteiger partial charge on any atom is 0.238 e. The Balaban J connectivity index is 1.95. The molecule has 2 rings (SSSR count). The predicted molar refractivity (Wildman–Crippen MR) is 78.3 cm³/mol. The van der Waals surface area contributed by atoms with E-state index in [1.54, 1.807) is 25.3 Å². The zero-order valence-corrected chi connectivity index (χ0v) is 12.2. The number of nitrogens with one attached hydrogen (secondary N) is 1. The van der Waals surface area contributed by atoms with E-state index in [0.29, 0.717) is 23.0 Å². The number of anilines is 1. The summed E-state index contributed by atoms with van der Waals surface area (Å²) in [5, 5.41) is 12.9. The summed E-state index contributed by atoms with van der Waals surface area (Å²) in [4.78, 5) is 14.0. The molecule has 0 aliphatic carbocycles. The first-order valence-electron chi connectivity index (χ1n) is 6.62. The second-order valence-electron chi connectivity index (χ2n) is 4.92. The number of amides is 1. The molecule has 1 aliphatic heterocycles. The lowest BCUT2D eigenvalue weighted by Gasteiger charge is -2.29. The number of β-amino-alcohol motifs (C(OH)–C–C–N with tert-alkyl or cyclic N) is 1. The van der Waals surface area contributed by atoms with Gasteiger partial charge in [-0.2, -0.15) is 0 Å². The molecule has 110 valence electrons. The van der Waals surface area contributed by atoms with E-state index in [9.17, 15) is 9.90 Å². The number of likely N-dealkylation sites (tertiary alicyclic amines) is 1. The number of aliphatic hydroxyl groups excluding tert-OH is 1. The van der Waals surface area contributed by atoms with Gasteiger partial charge in [0.15, 0.2) is 0 Å². The number of aliphatic hydroxyl groups is 1. The third kappa shape index (κ3) is 4.10. The SMILES string of the molecule is COc1ccc(Cl)cc1NC(=O)CN1CCC[C@H](O)C1. The van der Waals surface area contributed by atoms with Crippen LogP contribution in [0.3, 0.4) is 0 Å². The summed E-state index contributed by atoms with van der Waals surface area (Å²) in [6, 6.07) is 5.07. The third-order valence-electron chi connectivity index (χ3n) is 3.28. The summed E-state index contributed by atoms with van der Waals surface area (Å²) >= 11 is 5.92. The van der Waals surface area contributed by atoms with E-state index in [-0.39, 0.29) is 18.6 Å². The molecule has 0 unspecified atom stereocenters. The number of carbonyl (C=O) groups is 1. The van der Waals surface area contributed by atoms with E-state index in [2.05, 4.69) is 5.32 Å². The van der Waals surface area contributed by atoms with Crippen molar-refractivity contribution in [3.8, 4) is 5.75 Å². The van der Waals surface area contributed by atoms with Crippen LogP contribution in [0.2, 0.25) is 5.02 Å². The highest BCUT2D eigenvalue weighted by Gasteiger charge is 2.20. The van der Waals surface area contributed by atoms with E-state index in [1.807, 2.05) is 4.90 Å². The Kier molecular flexibility index (Phi) is 5.23. The van der Waals surface area contributed by atoms with Gasteiger partial charge in [0.1, 0.15) is 5.75 Å². The lowest BCUT2D eigenvalue weighted by Crippen LogP contribution is -2.42. The third-order valence-corrected chi connectivity index (χ3v) is 3.52. The monoisotopic (exact) mass is 298 g/mol. The molecule has 0 saturated carbocycles. The van der Waals surface area contributed by atoms with Gasteiger partial charge in [-0.3, -0.25) is 9.69 Å². The molecule has 0 radical (unpaired) electrons. The molecule has 6 heteroatoms. The number of rotatable bonds is 4. The average Bonchev–Trinajstić information content (AvgIpc) is 2.38. The topological polar surface area (TPSA) is 61.8 Å². The summed E-state index contributed by atoms with van der Waals surface area (Å²) < 4.78 is 5.18. The van der Waals surface area contributed by atoms with Crippen molar-refractivity contribution >= 4 is 23.2 Å². The summed E-state index contributed by atoms with van der Waals surface area (Å²) in [6.45, 7) is 1.63. The molecule has 1 saturated heterocycles. The van der Waals surface area contributed by atoms with Crippen LogP contribution in [0.25, 0.3) is 0 Å². The molecule has 1 amide bonds. The van der Waals surface area contributed by atoms with Crippen molar-refractivity contribution in [1.82, 2.24) is 4.90 Å². The van der Waals surface area contributed by atoms with Crippen molar-refractivity contribution in [3.05, 3.63) is 23.2 Å². The van der Waals surface area contributed by atoms with Gasteiger partial charge in [0.05, 0.1) is 25.4 Å². The minimum Gasteiger partial charge on any atom is -0.495 e. The maximum atomic E-state index is 12.0. The predicted octanol–water partition coefficient (Wildman–Crippen LogP) is 1.74. The molecular formula is C14H19ClN2O3. The zero-order valence-electron chi connectivity index (χ0n) is 11.4. The van der Waals surface area contributed by atoms with Gasteiger partial charge in [-0.1, -0.05) is 11.6 Å². The number of benzene rings is 1. The van der Waals surface area contributed by atoms with Crippen LogP contribution in [-0.2, 0) is 4.79 Å². The highest BCUT2D eigenvalue weighted by molar-refractivity contribution is 6.31. The van der Waals surface area contributed by atoms with Crippen molar-refractivity contribution in [2.45, 2.75) is 18.9 Å². The van der Waals surface area contributed by atoms with E-state index >= 15 is 0 Å². The zero-order chi connectivity index (χ0) is 14.5. The van der Waals surface area contributed by atoms with Crippen LogP contribution in [0, 0.1) is 0 Å². The number of methoxy groups -OCH3 is 1. The van der Waals surface area contributed by atoms with Gasteiger partial charge in [0.2, 0.25) is 5.91 Å². The Morgan fingerprint density at radius 3 is 3.10 bits per heavy atom. The van der Waals surface area contributed by atoms with Gasteiger partial charge in [-0.25, -0.2) is 0 Å². The largest absolute Gasteiger partial charge is 0.495 e. The van der Waals surface area contributed by atoms with Gasteiger partial charge in [0, 0.05) is 11.6 Å². The molecule has 0 aromatic heterocycles. The molecule has 1 aromatic carbocycles. The molecule has 1 aromatic rings. The summed E-state index contributed by atoms with van der Waals surface area (Å²) in [6.07, 6.45) is 1.38. The van der Waals surface area contributed by atoms with Gasteiger partial charge >= 0.3 is 0 Å². The average molecular weight is 299 g/mol. The molecule has 1 heterocycles. The number of ether oxygens (including phenoxy) is 1. The van der Waals surface area contributed by atoms with Gasteiger partial charge < -0.3 is 15.2 Å². The summed E-state index contributed by atoms with van der Waals surface area (Å²) in [7, 11) is 1.54. The first-order valence-corrected chi connectivity index (χ1v) is 7.00. The van der Waals surface area contributed by atoms with Crippen LogP contribution in [0.1, 0.15) is 12.8 Å². The van der Waals surface area contributed by atoms with Gasteiger partial charge in [-0.15, -0.1) is 0 Å². The molecule has 0 bridgehead atoms. The normalized spacial score (nSPS) is 19.6. The van der Waals surface area contributed by atoms with Crippen LogP contribution in [-0.4, -0.2) is 48.8 Å². The quantitative estimate of drug-likeness (QED) is 0.889. The first kappa shape index (κ1) is 15.1. The molecule has 1 aliphatic rings. The number of hydrogen-bond donors (Lipinski definition) is 2. The molecule has 1 fully saturated rings. The summed E-state index contributed by atoms with van der Waals surface area (Å²) in [5.41, 5.74) is 0.558. The van der Waals surface area contributed by atoms with E-state index in [4.69, 9.17) is 16.3 Å². The molecule has 2 N–H and O–H groups in total. The van der Waals surface area contributed by atoms with Crippen molar-refractivity contribution in [2.24, 2.45) is 0 Å². The van der Waals surface area contributed by atoms with E-state index < -0.39 is 0 Å². The Bertz CT molecular complexity index is 481. The van der Waals surface area contributed by atoms with Crippen molar-refractivity contribution in [3.63, 3.8) is 0 Å². The second kappa shape index (κ2) is 6.92. The van der Waals surface area contributed by atoms with Crippen LogP contribution in [0.15, 0.2) is 18.2 Å². The van der Waals surface area contributed by atoms with Crippen LogP contribution in [0.4, 0.5) is 5.69 Å². The standard InChI is InChI=1S/C14H19ClN2O3/c1-20-13-5-4-10(15)7-12(13)16-14(19)9-17-6-2-3-11(18)8-17/h4-5,7,11,18H,2-3,6,8-9H2,1H3,(H,16,19)/t11-/m0/s1. The van der Waals surface area contributed by atoms with Crippen molar-refractivity contribution in [1.29, 1.82) is 0 Å². The maximum absolute atomic E-state index is 12.0. The number of hydrogen-bond acceptors (Lipinski definition) is 4. The van der Waals surface area contributed by atoms with Crippen molar-refractivity contribution < 1.29 is 14.6 Å². The highest BCUT2D eigenvalue weighted by Crippen LogP contribution is 2.27. The van der Waals surface area contributed by atoms with Gasteiger partial charge in [-0.05, 0) is 37.6 Å². The lowest BCUT2D eigenvalue weighted by atomic mass is 10.1. The van der Waals surface area contributed by atoms with Crippen LogP contribution in [0.5, 0.6) is 5.75 Å². The highest BCUT2D eigenvalue weighted by atomic mass is 35.5. The number of carbonyl (C=O) groups excluding carboxylic acids is 1. The molecule has 5 nitrogen and oxygen atoms in total. The molecule has 0 spiro atoms. The van der Waals surface area contributed by atoms with E-state index in [0.717, 1.165) is 19.4 Å². The Morgan fingerprint density at radius 2 is 2.40 bits per heavy atom. The number of piperidine rings is 1. The Morgan fingerprint density at radius 1 is 1.60 bits per heavy atom. The fraction of sp³-hybridized carbons (Fsp3) is 0.500. The summed E-state index contributed by atoms with van der Waals surface area (Å²) in [5.74, 6) is 0.432. The minimum atomic E-state index is -0.336. The van der Waals surface area contributed by atoms with Gasteiger partial charge in [0.25, 0.3) is 0 Å². The molecule has 20 heavy (non-hydrogen) atoms. The number of halogens is 1. The smallest absolute Gasteiger partial charge is 0.238 e. The lowest BCUT2D eigenvalue weighted by molar-refractivity contribution is -0.118. The van der Waals surface area contributed by atoms with Crippen molar-refractivity contribution in [2.75, 3.05) is 32.1 Å². The number of nitrogens with zero attached hydrogens (tertiary/aromatic N) is 1. The minimum absolute atomic E-state index is 0.139. The van der Waals surface area contributed by atoms with Crippen LogP contribution >= 0.6 is 11.6 Å². The second-order valence-corrected chi connectivity index (χ2v) is 5.36. The fourth-order valence-corrected chi connectivity index (χ4v) is 2.52. The van der Waals surface area contributed by atoms with E-state index in [1.165, 1.54) is 0 Å². The molecular weight excluding hydrogens is 280 g/mol. The fourth-order valence-electron chi connectivity index (χ4n) is 2.35. The van der Waals surface area contributed by atoms with Crippen LogP contribution < -0.4 is 10.1 Å². The Labute approximate surface area is 123 Å². The molecule has 1 atom stereocenters.